The molecule has 0 spiro atoms. The molecule has 24 heavy (non-hydrogen) atoms. The van der Waals surface area contributed by atoms with Crippen molar-refractivity contribution in [1.29, 1.82) is 0 Å². The summed E-state index contributed by atoms with van der Waals surface area (Å²) in [5.74, 6) is 0.724. The van der Waals surface area contributed by atoms with Crippen molar-refractivity contribution in [1.82, 2.24) is 10.2 Å². The van der Waals surface area contributed by atoms with Gasteiger partial charge in [0, 0.05) is 11.1 Å². The van der Waals surface area contributed by atoms with Crippen molar-refractivity contribution < 1.29 is 13.9 Å². The van der Waals surface area contributed by atoms with Crippen LogP contribution in [0, 0.1) is 13.8 Å². The maximum absolute atomic E-state index is 12.2. The third-order valence-corrected chi connectivity index (χ3v) is 3.47. The van der Waals surface area contributed by atoms with Crippen molar-refractivity contribution in [2.24, 2.45) is 0 Å². The number of aromatic nitrogens is 2. The SMILES string of the molecule is COc1ccc(C(=O)Nc2nnc(-c3cc(C)cc(C)c3)o2)cc1. The van der Waals surface area contributed by atoms with E-state index in [0.717, 1.165) is 16.7 Å². The van der Waals surface area contributed by atoms with Gasteiger partial charge in [-0.2, -0.15) is 0 Å². The maximum Gasteiger partial charge on any atom is 0.322 e. The molecular weight excluding hydrogens is 306 g/mol. The minimum atomic E-state index is -0.326. The van der Waals surface area contributed by atoms with Gasteiger partial charge in [0.15, 0.2) is 0 Å². The van der Waals surface area contributed by atoms with Crippen molar-refractivity contribution in [3.63, 3.8) is 0 Å². The quantitative estimate of drug-likeness (QED) is 0.793. The smallest absolute Gasteiger partial charge is 0.322 e. The number of nitrogens with one attached hydrogen (secondary N) is 1. The Labute approximate surface area is 139 Å². The molecular formula is C18H17N3O3. The van der Waals surface area contributed by atoms with Gasteiger partial charge in [-0.1, -0.05) is 22.3 Å². The third-order valence-electron chi connectivity index (χ3n) is 3.47. The topological polar surface area (TPSA) is 77.2 Å². The molecule has 122 valence electrons. The van der Waals surface area contributed by atoms with Crippen molar-refractivity contribution in [2.45, 2.75) is 13.8 Å². The number of hydrogen-bond acceptors (Lipinski definition) is 5. The van der Waals surface area contributed by atoms with Crippen LogP contribution in [-0.2, 0) is 0 Å². The zero-order valence-corrected chi connectivity index (χ0v) is 13.7. The van der Waals surface area contributed by atoms with Crippen molar-refractivity contribution >= 4 is 11.9 Å². The average Bonchev–Trinajstić information content (AvgIpc) is 3.02. The van der Waals surface area contributed by atoms with Gasteiger partial charge in [0.05, 0.1) is 7.11 Å². The van der Waals surface area contributed by atoms with Gasteiger partial charge in [-0.25, -0.2) is 0 Å². The Morgan fingerprint density at radius 3 is 2.33 bits per heavy atom. The van der Waals surface area contributed by atoms with E-state index in [1.165, 1.54) is 0 Å². The number of amides is 1. The molecule has 0 radical (unpaired) electrons. The van der Waals surface area contributed by atoms with Crippen LogP contribution in [0.15, 0.2) is 46.9 Å². The predicted octanol–water partition coefficient (Wildman–Crippen LogP) is 3.61. The second-order valence-electron chi connectivity index (χ2n) is 5.47. The number of rotatable bonds is 4. The zero-order valence-electron chi connectivity index (χ0n) is 13.7. The first-order valence-electron chi connectivity index (χ1n) is 7.43. The largest absolute Gasteiger partial charge is 0.497 e. The molecule has 0 unspecified atom stereocenters. The monoisotopic (exact) mass is 323 g/mol. The Kier molecular flexibility index (Phi) is 4.29. The summed E-state index contributed by atoms with van der Waals surface area (Å²) in [4.78, 5) is 12.2. The average molecular weight is 323 g/mol. The first kappa shape index (κ1) is 15.7. The second-order valence-corrected chi connectivity index (χ2v) is 5.47. The normalized spacial score (nSPS) is 10.5. The number of ether oxygens (including phenoxy) is 1. The fraction of sp³-hybridized carbons (Fsp3) is 0.167. The summed E-state index contributed by atoms with van der Waals surface area (Å²) in [6.07, 6.45) is 0. The third kappa shape index (κ3) is 3.43. The van der Waals surface area contributed by atoms with Crippen molar-refractivity contribution in [3.05, 3.63) is 59.2 Å². The Bertz CT molecular complexity index is 849. The highest BCUT2D eigenvalue weighted by Gasteiger charge is 2.13. The Morgan fingerprint density at radius 1 is 1.04 bits per heavy atom. The van der Waals surface area contributed by atoms with Crippen molar-refractivity contribution in [2.75, 3.05) is 12.4 Å². The Hall–Kier alpha value is -3.15. The molecule has 1 heterocycles. The molecule has 6 nitrogen and oxygen atoms in total. The number of benzene rings is 2. The highest BCUT2D eigenvalue weighted by molar-refractivity contribution is 6.03. The minimum absolute atomic E-state index is 0.0602. The van der Waals surface area contributed by atoms with Crippen LogP contribution >= 0.6 is 0 Å². The number of carbonyl (C=O) groups is 1. The minimum Gasteiger partial charge on any atom is -0.497 e. The lowest BCUT2D eigenvalue weighted by atomic mass is 10.1. The number of nitrogens with zero attached hydrogens (tertiary/aromatic N) is 2. The van der Waals surface area contributed by atoms with Crippen LogP contribution in [0.5, 0.6) is 5.75 Å². The van der Waals surface area contributed by atoms with Gasteiger partial charge >= 0.3 is 6.01 Å². The lowest BCUT2D eigenvalue weighted by molar-refractivity contribution is 0.102. The highest BCUT2D eigenvalue weighted by atomic mass is 16.5. The predicted molar refractivity (Wildman–Crippen MR) is 90.2 cm³/mol. The summed E-state index contributed by atoms with van der Waals surface area (Å²) in [5.41, 5.74) is 3.51. The fourth-order valence-electron chi connectivity index (χ4n) is 2.40. The summed E-state index contributed by atoms with van der Waals surface area (Å²) >= 11 is 0. The number of aryl methyl sites for hydroxylation is 2. The van der Waals surface area contributed by atoms with Gasteiger partial charge in [0.2, 0.25) is 5.89 Å². The molecule has 0 aliphatic carbocycles. The number of hydrogen-bond donors (Lipinski definition) is 1. The van der Waals surface area contributed by atoms with Gasteiger partial charge in [-0.15, -0.1) is 5.10 Å². The summed E-state index contributed by atoms with van der Waals surface area (Å²) in [7, 11) is 1.57. The molecule has 0 atom stereocenters. The van der Waals surface area contributed by atoms with Crippen LogP contribution in [0.3, 0.4) is 0 Å². The van der Waals surface area contributed by atoms with Crippen LogP contribution in [0.1, 0.15) is 21.5 Å². The first-order chi connectivity index (χ1) is 11.5. The fourth-order valence-corrected chi connectivity index (χ4v) is 2.40. The summed E-state index contributed by atoms with van der Waals surface area (Å²) < 4.78 is 10.6. The van der Waals surface area contributed by atoms with E-state index in [9.17, 15) is 4.79 Å². The standard InChI is InChI=1S/C18H17N3O3/c1-11-8-12(2)10-14(9-11)17-20-21-18(24-17)19-16(22)13-4-6-15(23-3)7-5-13/h4-10H,1-3H3,(H,19,21,22). The number of anilines is 1. The molecule has 0 bridgehead atoms. The van der Waals surface area contributed by atoms with Gasteiger partial charge < -0.3 is 9.15 Å². The van der Waals surface area contributed by atoms with Crippen LogP contribution in [0.4, 0.5) is 6.01 Å². The highest BCUT2D eigenvalue weighted by Crippen LogP contribution is 2.22. The van der Waals surface area contributed by atoms with E-state index < -0.39 is 0 Å². The molecule has 0 aliphatic heterocycles. The molecule has 2 aromatic carbocycles. The molecule has 0 aliphatic rings. The summed E-state index contributed by atoms with van der Waals surface area (Å²) in [6, 6.07) is 12.8. The van der Waals surface area contributed by atoms with Gasteiger partial charge in [0.25, 0.3) is 5.91 Å². The second kappa shape index (κ2) is 6.54. The van der Waals surface area contributed by atoms with Crippen molar-refractivity contribution in [3.8, 4) is 17.2 Å². The van der Waals surface area contributed by atoms with Crippen LogP contribution in [0.25, 0.3) is 11.5 Å². The van der Waals surface area contributed by atoms with Crippen LogP contribution < -0.4 is 10.1 Å². The van der Waals surface area contributed by atoms with Gasteiger partial charge in [-0.3, -0.25) is 10.1 Å². The molecule has 6 heteroatoms. The molecule has 0 saturated carbocycles. The van der Waals surface area contributed by atoms with Gasteiger partial charge in [0.1, 0.15) is 5.75 Å². The number of carbonyl (C=O) groups excluding carboxylic acids is 1. The molecule has 1 N–H and O–H groups in total. The molecule has 1 amide bonds. The zero-order chi connectivity index (χ0) is 17.1. The lowest BCUT2D eigenvalue weighted by Crippen LogP contribution is -2.11. The maximum atomic E-state index is 12.2. The van der Waals surface area contributed by atoms with E-state index in [4.69, 9.17) is 9.15 Å². The molecule has 0 fully saturated rings. The van der Waals surface area contributed by atoms with E-state index in [1.807, 2.05) is 26.0 Å². The van der Waals surface area contributed by atoms with E-state index >= 15 is 0 Å². The van der Waals surface area contributed by atoms with E-state index in [2.05, 4.69) is 21.6 Å². The first-order valence-corrected chi connectivity index (χ1v) is 7.43. The van der Waals surface area contributed by atoms with E-state index in [0.29, 0.717) is 17.2 Å². The van der Waals surface area contributed by atoms with Crippen LogP contribution in [0.2, 0.25) is 0 Å². The summed E-state index contributed by atoms with van der Waals surface area (Å²) in [5, 5.41) is 10.5. The Morgan fingerprint density at radius 2 is 1.71 bits per heavy atom. The lowest BCUT2D eigenvalue weighted by Gasteiger charge is -2.03. The molecule has 3 rings (SSSR count). The van der Waals surface area contributed by atoms with Gasteiger partial charge in [-0.05, 0) is 50.2 Å². The van der Waals surface area contributed by atoms with E-state index in [-0.39, 0.29) is 11.9 Å². The van der Waals surface area contributed by atoms with E-state index in [1.54, 1.807) is 31.4 Å². The summed E-state index contributed by atoms with van der Waals surface area (Å²) in [6.45, 7) is 4.00. The van der Waals surface area contributed by atoms with Crippen LogP contribution in [-0.4, -0.2) is 23.2 Å². The Balaban J connectivity index is 1.76. The molecule has 1 aromatic heterocycles. The molecule has 3 aromatic rings. The number of methoxy groups -OCH3 is 1. The molecule has 0 saturated heterocycles.